The predicted molar refractivity (Wildman–Crippen MR) is 181 cm³/mol. The number of urea groups is 1. The highest BCUT2D eigenvalue weighted by Gasteiger charge is 2.42. The van der Waals surface area contributed by atoms with Crippen molar-refractivity contribution in [1.82, 2.24) is 36.8 Å². The first kappa shape index (κ1) is 39.7. The normalized spacial score (nSPS) is 19.9. The van der Waals surface area contributed by atoms with Gasteiger partial charge in [-0.2, -0.15) is 11.8 Å². The minimum atomic E-state index is -1.02. The number of carbonyl (C=O) groups is 5. The van der Waals surface area contributed by atoms with E-state index < -0.39 is 23.6 Å². The van der Waals surface area contributed by atoms with Gasteiger partial charge in [-0.3, -0.25) is 19.3 Å². The first-order valence-corrected chi connectivity index (χ1v) is 17.4. The van der Waals surface area contributed by atoms with Gasteiger partial charge in [-0.15, -0.1) is 0 Å². The van der Waals surface area contributed by atoms with Crippen molar-refractivity contribution in [2.75, 3.05) is 46.0 Å². The third kappa shape index (κ3) is 14.9. The monoisotopic (exact) mass is 682 g/mol. The van der Waals surface area contributed by atoms with Crippen LogP contribution in [0.2, 0.25) is 0 Å². The number of likely N-dealkylation sites (N-methyl/N-ethyl adjacent to an activating group) is 1. The van der Waals surface area contributed by atoms with Crippen molar-refractivity contribution in [3.8, 4) is 0 Å². The van der Waals surface area contributed by atoms with Crippen LogP contribution in [0.5, 0.6) is 0 Å². The molecule has 0 aromatic heterocycles. The maximum Gasteiger partial charge on any atom is 0.408 e. The summed E-state index contributed by atoms with van der Waals surface area (Å²) in [6.07, 6.45) is 3.23. The molecule has 0 saturated carbocycles. The lowest BCUT2D eigenvalue weighted by Crippen LogP contribution is -2.51. The van der Waals surface area contributed by atoms with E-state index in [1.807, 2.05) is 44.6 Å². The summed E-state index contributed by atoms with van der Waals surface area (Å²) in [7, 11) is 3.69. The molecule has 2 aliphatic heterocycles. The van der Waals surface area contributed by atoms with E-state index in [-0.39, 0.29) is 62.0 Å². The fourth-order valence-electron chi connectivity index (χ4n) is 5.45. The largest absolute Gasteiger partial charge is 0.443 e. The third-order valence-corrected chi connectivity index (χ3v) is 9.54. The molecule has 2 saturated heterocycles. The summed E-state index contributed by atoms with van der Waals surface area (Å²) in [6, 6.07) is -1.06. The molecule has 0 radical (unpaired) electrons. The molecule has 2 rings (SSSR count). The van der Waals surface area contributed by atoms with Crippen molar-refractivity contribution in [2.45, 2.75) is 108 Å². The van der Waals surface area contributed by atoms with Crippen molar-refractivity contribution < 1.29 is 28.7 Å². The average molecular weight is 683 g/mol. The van der Waals surface area contributed by atoms with E-state index in [0.717, 1.165) is 25.0 Å². The summed E-state index contributed by atoms with van der Waals surface area (Å²) < 4.78 is 5.56. The second-order valence-electron chi connectivity index (χ2n) is 13.2. The highest BCUT2D eigenvalue weighted by atomic mass is 32.2. The van der Waals surface area contributed by atoms with Gasteiger partial charge in [-0.1, -0.05) is 25.4 Å². The maximum atomic E-state index is 12.9. The summed E-state index contributed by atoms with van der Waals surface area (Å²) in [5.41, 5.74) is 7.70. The van der Waals surface area contributed by atoms with Crippen LogP contribution in [0.25, 0.3) is 10.4 Å². The molecular weight excluding hydrogens is 628 g/mol. The Bertz CT molecular complexity index is 1120. The number of hydrogen-bond acceptors (Lipinski definition) is 9. The Hall–Kier alpha value is -3.43. The van der Waals surface area contributed by atoms with Crippen LogP contribution in [0.3, 0.4) is 0 Å². The van der Waals surface area contributed by atoms with Gasteiger partial charge in [-0.25, -0.2) is 9.59 Å². The number of nitrogens with zero attached hydrogens (tertiary/aromatic N) is 4. The van der Waals surface area contributed by atoms with Crippen molar-refractivity contribution in [3.05, 3.63) is 10.4 Å². The summed E-state index contributed by atoms with van der Waals surface area (Å²) in [6.45, 7) is 8.14. The Kier molecular flexibility index (Phi) is 17.0. The highest BCUT2D eigenvalue weighted by molar-refractivity contribution is 8.00. The summed E-state index contributed by atoms with van der Waals surface area (Å²) in [4.78, 5) is 66.6. The molecule has 17 heteroatoms. The lowest BCUT2D eigenvalue weighted by Gasteiger charge is -2.27. The molecule has 0 aliphatic carbocycles. The van der Waals surface area contributed by atoms with E-state index in [0.29, 0.717) is 37.0 Å². The average Bonchev–Trinajstić information content (AvgIpc) is 3.54. The van der Waals surface area contributed by atoms with Gasteiger partial charge in [0.15, 0.2) is 0 Å². The van der Waals surface area contributed by atoms with Crippen molar-refractivity contribution >= 4 is 41.6 Å². The molecule has 0 aromatic carbocycles. The molecule has 5 unspecified atom stereocenters. The fourth-order valence-corrected chi connectivity index (χ4v) is 6.99. The van der Waals surface area contributed by atoms with Gasteiger partial charge in [0.2, 0.25) is 17.7 Å². The zero-order chi connectivity index (χ0) is 35.0. The summed E-state index contributed by atoms with van der Waals surface area (Å²) in [5.74, 6) is 0.532. The number of hydrogen-bond donors (Lipinski definition) is 6. The first-order chi connectivity index (χ1) is 22.2. The number of amides is 6. The SMILES string of the molecule is CC(C)CC(C(=O)NCCNC(=O)C(CCN=[N+]=[N-])NC(=O)OC(C)(C)CCNC(=O)CCCCC1SCC2NC(=O)NC21)N(C)C. The van der Waals surface area contributed by atoms with Gasteiger partial charge in [-0.05, 0) is 65.1 Å². The molecule has 2 fully saturated rings. The van der Waals surface area contributed by atoms with Crippen LogP contribution >= 0.6 is 11.8 Å². The van der Waals surface area contributed by atoms with Crippen molar-refractivity contribution in [1.29, 1.82) is 0 Å². The number of rotatable bonds is 21. The minimum absolute atomic E-state index is 0.0187. The topological polar surface area (TPSA) is 219 Å². The van der Waals surface area contributed by atoms with E-state index in [9.17, 15) is 24.0 Å². The van der Waals surface area contributed by atoms with Crippen molar-refractivity contribution in [3.63, 3.8) is 0 Å². The van der Waals surface area contributed by atoms with Crippen LogP contribution in [0.4, 0.5) is 9.59 Å². The Labute approximate surface area is 282 Å². The molecule has 266 valence electrons. The summed E-state index contributed by atoms with van der Waals surface area (Å²) >= 11 is 1.85. The molecule has 2 heterocycles. The van der Waals surface area contributed by atoms with Gasteiger partial charge in [0.1, 0.15) is 11.6 Å². The van der Waals surface area contributed by atoms with E-state index in [1.165, 1.54) is 0 Å². The van der Waals surface area contributed by atoms with Crippen LogP contribution in [0.15, 0.2) is 5.11 Å². The Balaban J connectivity index is 1.70. The number of nitrogens with one attached hydrogen (secondary N) is 6. The van der Waals surface area contributed by atoms with Gasteiger partial charge in [0.25, 0.3) is 0 Å². The fraction of sp³-hybridized carbons (Fsp3) is 0.833. The molecule has 5 atom stereocenters. The number of fused-ring (bicyclic) bond motifs is 1. The number of thioether (sulfide) groups is 1. The molecule has 0 spiro atoms. The van der Waals surface area contributed by atoms with Crippen molar-refractivity contribution in [2.24, 2.45) is 11.0 Å². The lowest BCUT2D eigenvalue weighted by atomic mass is 10.0. The molecule has 6 amide bonds. The first-order valence-electron chi connectivity index (χ1n) is 16.4. The number of alkyl carbamates (subject to hydrolysis) is 1. The number of carbonyl (C=O) groups excluding carboxylic acids is 5. The number of unbranched alkanes of at least 4 members (excludes halogenated alkanes) is 1. The zero-order valence-electron chi connectivity index (χ0n) is 28.6. The van der Waals surface area contributed by atoms with Gasteiger partial charge in [0, 0.05) is 54.9 Å². The van der Waals surface area contributed by atoms with E-state index >= 15 is 0 Å². The van der Waals surface area contributed by atoms with Crippen LogP contribution < -0.4 is 31.9 Å². The molecule has 0 bridgehead atoms. The maximum absolute atomic E-state index is 12.9. The molecule has 16 nitrogen and oxygen atoms in total. The number of azide groups is 1. The van der Waals surface area contributed by atoms with Gasteiger partial charge >= 0.3 is 12.1 Å². The molecule has 2 aliphatic rings. The van der Waals surface area contributed by atoms with E-state index in [2.05, 4.69) is 41.9 Å². The van der Waals surface area contributed by atoms with Crippen LogP contribution in [0.1, 0.15) is 72.6 Å². The molecule has 0 aromatic rings. The van der Waals surface area contributed by atoms with Crippen LogP contribution in [0, 0.1) is 5.92 Å². The van der Waals surface area contributed by atoms with Crippen LogP contribution in [-0.4, -0.2) is 116 Å². The minimum Gasteiger partial charge on any atom is -0.443 e. The summed E-state index contributed by atoms with van der Waals surface area (Å²) in [5, 5.41) is 20.7. The third-order valence-electron chi connectivity index (χ3n) is 8.03. The zero-order valence-corrected chi connectivity index (χ0v) is 29.4. The van der Waals surface area contributed by atoms with Crippen LogP contribution in [-0.2, 0) is 19.1 Å². The Morgan fingerprint density at radius 3 is 2.45 bits per heavy atom. The highest BCUT2D eigenvalue weighted by Crippen LogP contribution is 2.33. The lowest BCUT2D eigenvalue weighted by molar-refractivity contribution is -0.127. The molecule has 47 heavy (non-hydrogen) atoms. The Morgan fingerprint density at radius 1 is 1.09 bits per heavy atom. The van der Waals surface area contributed by atoms with Gasteiger partial charge in [0.05, 0.1) is 18.1 Å². The molecular formula is C30H54N10O6S. The second-order valence-corrected chi connectivity index (χ2v) is 14.5. The van der Waals surface area contributed by atoms with E-state index in [1.54, 1.807) is 13.8 Å². The van der Waals surface area contributed by atoms with E-state index in [4.69, 9.17) is 10.3 Å². The van der Waals surface area contributed by atoms with Gasteiger partial charge < -0.3 is 36.6 Å². The smallest absolute Gasteiger partial charge is 0.408 e. The number of ether oxygens (including phenoxy) is 1. The predicted octanol–water partition coefficient (Wildman–Crippen LogP) is 2.00. The standard InChI is InChI=1S/C30H54N10O6S/c1-19(2)17-22(40(5)6)27(43)34-16-15-33-26(42)20(11-13-35-39-31)37-29(45)46-30(3,4)12-14-32-24(41)10-8-7-9-23-25-21(18-47-23)36-28(44)38-25/h19-23,25H,7-18H2,1-6H3,(H,32,41)(H,33,42)(H,34,43)(H,37,45)(H2,36,38,44). The second kappa shape index (κ2) is 20.1. The quantitative estimate of drug-likeness (QED) is 0.0345. The Morgan fingerprint density at radius 2 is 1.79 bits per heavy atom. The molecule has 6 N–H and O–H groups in total.